The van der Waals surface area contributed by atoms with Crippen LogP contribution in [0.15, 0.2) is 0 Å². The summed E-state index contributed by atoms with van der Waals surface area (Å²) >= 11 is 0. The monoisotopic (exact) mass is 255 g/mol. The predicted molar refractivity (Wildman–Crippen MR) is 69.2 cm³/mol. The molecule has 2 aliphatic rings. The number of piperidine rings is 1. The molecule has 0 aromatic rings. The number of nitrogens with zero attached hydrogens (tertiary/aromatic N) is 1. The summed E-state index contributed by atoms with van der Waals surface area (Å²) in [4.78, 5) is 13.9. The lowest BCUT2D eigenvalue weighted by Gasteiger charge is -2.37. The van der Waals surface area contributed by atoms with Gasteiger partial charge in [-0.25, -0.2) is 4.79 Å². The van der Waals surface area contributed by atoms with Crippen molar-refractivity contribution in [1.29, 1.82) is 0 Å². The SMILES string of the molecule is CC(C)(C)OC(=O)N1CCC2CCC(CO)C2C1. The molecule has 0 aromatic carbocycles. The van der Waals surface area contributed by atoms with E-state index in [1.807, 2.05) is 25.7 Å². The van der Waals surface area contributed by atoms with E-state index in [0.717, 1.165) is 25.9 Å². The van der Waals surface area contributed by atoms with Crippen molar-refractivity contribution in [2.45, 2.75) is 45.6 Å². The van der Waals surface area contributed by atoms with Gasteiger partial charge in [-0.05, 0) is 57.8 Å². The fourth-order valence-electron chi connectivity index (χ4n) is 3.28. The second-order valence-corrected chi connectivity index (χ2v) is 6.66. The van der Waals surface area contributed by atoms with E-state index >= 15 is 0 Å². The second kappa shape index (κ2) is 5.08. The number of carbonyl (C=O) groups excluding carboxylic acids is 1. The third-order valence-electron chi connectivity index (χ3n) is 4.21. The van der Waals surface area contributed by atoms with Crippen molar-refractivity contribution < 1.29 is 14.6 Å². The van der Waals surface area contributed by atoms with Gasteiger partial charge in [0.15, 0.2) is 0 Å². The Kier molecular flexibility index (Phi) is 3.85. The number of rotatable bonds is 1. The minimum Gasteiger partial charge on any atom is -0.444 e. The lowest BCUT2D eigenvalue weighted by Crippen LogP contribution is -2.46. The van der Waals surface area contributed by atoms with Crippen LogP contribution in [0.25, 0.3) is 0 Å². The Morgan fingerprint density at radius 1 is 1.33 bits per heavy atom. The highest BCUT2D eigenvalue weighted by Gasteiger charge is 2.41. The van der Waals surface area contributed by atoms with Crippen LogP contribution in [0.3, 0.4) is 0 Å². The van der Waals surface area contributed by atoms with E-state index in [-0.39, 0.29) is 12.7 Å². The van der Waals surface area contributed by atoms with E-state index < -0.39 is 5.60 Å². The number of aliphatic hydroxyl groups excluding tert-OH is 1. The van der Waals surface area contributed by atoms with Crippen molar-refractivity contribution in [3.05, 3.63) is 0 Å². The summed E-state index contributed by atoms with van der Waals surface area (Å²) in [7, 11) is 0. The highest BCUT2D eigenvalue weighted by molar-refractivity contribution is 5.68. The lowest BCUT2D eigenvalue weighted by atomic mass is 9.84. The van der Waals surface area contributed by atoms with Gasteiger partial charge in [0.1, 0.15) is 5.60 Å². The number of amides is 1. The van der Waals surface area contributed by atoms with Crippen LogP contribution >= 0.6 is 0 Å². The van der Waals surface area contributed by atoms with Gasteiger partial charge < -0.3 is 14.7 Å². The molecular weight excluding hydrogens is 230 g/mol. The van der Waals surface area contributed by atoms with Crippen LogP contribution in [0.2, 0.25) is 0 Å². The summed E-state index contributed by atoms with van der Waals surface area (Å²) in [5.74, 6) is 1.54. The Hall–Kier alpha value is -0.770. The van der Waals surface area contributed by atoms with Crippen LogP contribution in [0.1, 0.15) is 40.0 Å². The molecule has 18 heavy (non-hydrogen) atoms. The van der Waals surface area contributed by atoms with Crippen LogP contribution in [-0.4, -0.2) is 41.4 Å². The zero-order valence-corrected chi connectivity index (χ0v) is 11.7. The minimum absolute atomic E-state index is 0.204. The highest BCUT2D eigenvalue weighted by atomic mass is 16.6. The molecule has 4 heteroatoms. The van der Waals surface area contributed by atoms with E-state index in [4.69, 9.17) is 4.74 Å². The van der Waals surface area contributed by atoms with Crippen LogP contribution in [0, 0.1) is 17.8 Å². The number of hydrogen-bond acceptors (Lipinski definition) is 3. The molecule has 3 atom stereocenters. The second-order valence-electron chi connectivity index (χ2n) is 6.66. The summed E-state index contributed by atoms with van der Waals surface area (Å²) in [5.41, 5.74) is -0.431. The third kappa shape index (κ3) is 2.97. The predicted octanol–water partition coefficient (Wildman–Crippen LogP) is 2.26. The molecule has 1 N–H and O–H groups in total. The Morgan fingerprint density at radius 2 is 2.06 bits per heavy atom. The van der Waals surface area contributed by atoms with E-state index in [9.17, 15) is 9.90 Å². The molecule has 2 fully saturated rings. The largest absolute Gasteiger partial charge is 0.444 e. The van der Waals surface area contributed by atoms with Gasteiger partial charge in [0, 0.05) is 19.7 Å². The van der Waals surface area contributed by atoms with Crippen LogP contribution < -0.4 is 0 Å². The maximum Gasteiger partial charge on any atom is 0.410 e. The van der Waals surface area contributed by atoms with Gasteiger partial charge in [-0.3, -0.25) is 0 Å². The fraction of sp³-hybridized carbons (Fsp3) is 0.929. The normalized spacial score (nSPS) is 32.2. The summed E-state index contributed by atoms with van der Waals surface area (Å²) in [6, 6.07) is 0. The van der Waals surface area contributed by atoms with Gasteiger partial charge in [0.2, 0.25) is 0 Å². The van der Waals surface area contributed by atoms with Gasteiger partial charge in [-0.2, -0.15) is 0 Å². The highest BCUT2D eigenvalue weighted by Crippen LogP contribution is 2.42. The molecular formula is C14H25NO3. The third-order valence-corrected chi connectivity index (χ3v) is 4.21. The zero-order valence-electron chi connectivity index (χ0n) is 11.7. The first-order valence-electron chi connectivity index (χ1n) is 6.99. The number of hydrogen-bond donors (Lipinski definition) is 1. The van der Waals surface area contributed by atoms with Crippen molar-refractivity contribution in [2.75, 3.05) is 19.7 Å². The smallest absolute Gasteiger partial charge is 0.410 e. The van der Waals surface area contributed by atoms with E-state index in [0.29, 0.717) is 17.8 Å². The Labute approximate surface area is 109 Å². The Bertz CT molecular complexity index is 305. The van der Waals surface area contributed by atoms with E-state index in [1.165, 1.54) is 6.42 Å². The average molecular weight is 255 g/mol. The Morgan fingerprint density at radius 3 is 2.67 bits per heavy atom. The van der Waals surface area contributed by atoms with Gasteiger partial charge in [-0.1, -0.05) is 0 Å². The number of likely N-dealkylation sites (tertiary alicyclic amines) is 1. The number of fused-ring (bicyclic) bond motifs is 1. The maximum atomic E-state index is 12.0. The molecule has 0 bridgehead atoms. The molecule has 1 aliphatic carbocycles. The zero-order chi connectivity index (χ0) is 13.3. The average Bonchev–Trinajstić information content (AvgIpc) is 2.68. The van der Waals surface area contributed by atoms with Crippen LogP contribution in [-0.2, 0) is 4.74 Å². The molecule has 1 heterocycles. The van der Waals surface area contributed by atoms with Crippen molar-refractivity contribution in [3.8, 4) is 0 Å². The molecule has 0 spiro atoms. The molecule has 3 unspecified atom stereocenters. The van der Waals surface area contributed by atoms with Gasteiger partial charge >= 0.3 is 6.09 Å². The van der Waals surface area contributed by atoms with Crippen molar-refractivity contribution in [3.63, 3.8) is 0 Å². The molecule has 1 amide bonds. The first-order valence-corrected chi connectivity index (χ1v) is 6.99. The number of carbonyl (C=O) groups is 1. The summed E-state index contributed by atoms with van der Waals surface area (Å²) in [6.07, 6.45) is 3.16. The topological polar surface area (TPSA) is 49.8 Å². The number of aliphatic hydroxyl groups is 1. The van der Waals surface area contributed by atoms with Gasteiger partial charge in [0.25, 0.3) is 0 Å². The standard InChI is InChI=1S/C14H25NO3/c1-14(2,3)18-13(17)15-7-6-10-4-5-11(9-16)12(10)8-15/h10-12,16H,4-9H2,1-3H3. The summed E-state index contributed by atoms with van der Waals surface area (Å²) in [6.45, 7) is 7.49. The van der Waals surface area contributed by atoms with E-state index in [1.54, 1.807) is 0 Å². The summed E-state index contributed by atoms with van der Waals surface area (Å²) in [5, 5.41) is 9.38. The first-order chi connectivity index (χ1) is 8.40. The molecule has 104 valence electrons. The van der Waals surface area contributed by atoms with Crippen molar-refractivity contribution in [1.82, 2.24) is 4.90 Å². The lowest BCUT2D eigenvalue weighted by molar-refractivity contribution is 0.00742. The van der Waals surface area contributed by atoms with Crippen LogP contribution in [0.4, 0.5) is 4.79 Å². The quantitative estimate of drug-likeness (QED) is 0.782. The fourth-order valence-corrected chi connectivity index (χ4v) is 3.28. The molecule has 0 radical (unpaired) electrons. The van der Waals surface area contributed by atoms with Crippen molar-refractivity contribution in [2.24, 2.45) is 17.8 Å². The number of ether oxygens (including phenoxy) is 1. The molecule has 1 saturated heterocycles. The minimum atomic E-state index is -0.431. The van der Waals surface area contributed by atoms with Crippen LogP contribution in [0.5, 0.6) is 0 Å². The first kappa shape index (κ1) is 13.7. The van der Waals surface area contributed by atoms with Crippen molar-refractivity contribution >= 4 is 6.09 Å². The van der Waals surface area contributed by atoms with Gasteiger partial charge in [0.05, 0.1) is 0 Å². The molecule has 4 nitrogen and oxygen atoms in total. The van der Waals surface area contributed by atoms with E-state index in [2.05, 4.69) is 0 Å². The molecule has 0 aromatic heterocycles. The maximum absolute atomic E-state index is 12.0. The molecule has 2 rings (SSSR count). The molecule has 1 aliphatic heterocycles. The summed E-state index contributed by atoms with van der Waals surface area (Å²) < 4.78 is 5.42. The Balaban J connectivity index is 1.94. The van der Waals surface area contributed by atoms with Gasteiger partial charge in [-0.15, -0.1) is 0 Å². The molecule has 1 saturated carbocycles.